The molecule has 1 aromatic rings. The fourth-order valence-corrected chi connectivity index (χ4v) is 1.68. The Hall–Kier alpha value is -2.03. The van der Waals surface area contributed by atoms with Gasteiger partial charge in [0.1, 0.15) is 10.7 Å². The van der Waals surface area contributed by atoms with Crippen molar-refractivity contribution in [1.82, 2.24) is 15.2 Å². The molecule has 0 atom stereocenters. The van der Waals surface area contributed by atoms with Gasteiger partial charge in [-0.3, -0.25) is 9.78 Å². The van der Waals surface area contributed by atoms with E-state index in [1.54, 1.807) is 6.92 Å². The van der Waals surface area contributed by atoms with Crippen molar-refractivity contribution in [3.63, 3.8) is 0 Å². The Morgan fingerprint density at radius 3 is 2.67 bits per heavy atom. The first-order valence-corrected chi connectivity index (χ1v) is 5.71. The fourth-order valence-electron chi connectivity index (χ4n) is 0.963. The number of aromatic nitrogens is 3. The Morgan fingerprint density at radius 1 is 1.50 bits per heavy atom. The van der Waals surface area contributed by atoms with E-state index in [1.165, 1.54) is 6.92 Å². The fraction of sp³-hybridized carbons (Fsp3) is 0.333. The van der Waals surface area contributed by atoms with Crippen molar-refractivity contribution in [1.29, 1.82) is 0 Å². The minimum absolute atomic E-state index is 0.131. The number of thioether (sulfide) groups is 1. The number of aromatic amines is 2. The van der Waals surface area contributed by atoms with Crippen LogP contribution < -0.4 is 11.2 Å². The van der Waals surface area contributed by atoms with Crippen molar-refractivity contribution >= 4 is 17.7 Å². The lowest BCUT2D eigenvalue weighted by molar-refractivity contribution is -0.137. The summed E-state index contributed by atoms with van der Waals surface area (Å²) in [5, 5.41) is 14.7. The number of nitrogens with one attached hydrogen (secondary N) is 2. The van der Waals surface area contributed by atoms with Gasteiger partial charge in [0, 0.05) is 0 Å². The third kappa shape index (κ3) is 3.48. The molecule has 0 aliphatic carbocycles. The molecule has 0 bridgehead atoms. The highest BCUT2D eigenvalue weighted by Gasteiger charge is 2.18. The van der Waals surface area contributed by atoms with Gasteiger partial charge >= 0.3 is 11.7 Å². The molecule has 0 aromatic carbocycles. The molecule has 1 rings (SSSR count). The number of rotatable bonds is 4. The van der Waals surface area contributed by atoms with E-state index in [2.05, 4.69) is 5.10 Å². The minimum Gasteiger partial charge on any atom is -0.511 e. The van der Waals surface area contributed by atoms with Crippen molar-refractivity contribution in [3.05, 3.63) is 31.5 Å². The Balaban J connectivity index is 3.06. The molecule has 0 aliphatic rings. The number of H-pyrrole nitrogens is 2. The summed E-state index contributed by atoms with van der Waals surface area (Å²) in [7, 11) is 0. The van der Waals surface area contributed by atoms with Crippen molar-refractivity contribution in [2.45, 2.75) is 18.9 Å². The number of hydrogen-bond acceptors (Lipinski definition) is 7. The zero-order chi connectivity index (χ0) is 13.7. The van der Waals surface area contributed by atoms with Crippen LogP contribution in [0.1, 0.15) is 13.8 Å². The van der Waals surface area contributed by atoms with Crippen LogP contribution >= 0.6 is 11.8 Å². The lowest BCUT2D eigenvalue weighted by atomic mass is 10.5. The number of carbonyl (C=O) groups excluding carboxylic acids is 1. The second-order valence-electron chi connectivity index (χ2n) is 3.05. The molecule has 98 valence electrons. The highest BCUT2D eigenvalue weighted by molar-refractivity contribution is 8.03. The van der Waals surface area contributed by atoms with Crippen molar-refractivity contribution in [3.8, 4) is 0 Å². The first-order chi connectivity index (χ1) is 8.45. The number of esters is 1. The highest BCUT2D eigenvalue weighted by atomic mass is 32.2. The van der Waals surface area contributed by atoms with E-state index in [1.807, 2.05) is 10.1 Å². The standard InChI is InChI=1S/C9H11N3O5S/c1-3-17-8(15)5(4(2)13)18-7-6(14)10-9(16)12-11-7/h13H,3H2,1-2H3,(H2,10,12,14,16)/b5-4-. The van der Waals surface area contributed by atoms with Crippen LogP contribution in [0.25, 0.3) is 0 Å². The van der Waals surface area contributed by atoms with E-state index in [4.69, 9.17) is 4.74 Å². The molecule has 0 unspecified atom stereocenters. The van der Waals surface area contributed by atoms with Gasteiger partial charge < -0.3 is 9.84 Å². The van der Waals surface area contributed by atoms with Crippen LogP contribution in [0.3, 0.4) is 0 Å². The molecule has 18 heavy (non-hydrogen) atoms. The summed E-state index contributed by atoms with van der Waals surface area (Å²) in [6.07, 6.45) is 0. The predicted octanol–water partition coefficient (Wildman–Crippen LogP) is -0.0971. The van der Waals surface area contributed by atoms with E-state index in [0.717, 1.165) is 0 Å². The van der Waals surface area contributed by atoms with E-state index in [-0.39, 0.29) is 22.3 Å². The molecule has 9 heteroatoms. The number of nitrogens with zero attached hydrogens (tertiary/aromatic N) is 1. The topological polar surface area (TPSA) is 125 Å². The third-order valence-corrected chi connectivity index (χ3v) is 2.80. The van der Waals surface area contributed by atoms with Gasteiger partial charge in [-0.15, -0.1) is 0 Å². The van der Waals surface area contributed by atoms with Crippen LogP contribution in [0.5, 0.6) is 0 Å². The highest BCUT2D eigenvalue weighted by Crippen LogP contribution is 2.24. The normalized spacial score (nSPS) is 11.9. The van der Waals surface area contributed by atoms with Gasteiger partial charge in [-0.1, -0.05) is 11.8 Å². The van der Waals surface area contributed by atoms with Gasteiger partial charge in [-0.05, 0) is 13.8 Å². The molecule has 0 fully saturated rings. The van der Waals surface area contributed by atoms with Gasteiger partial charge in [-0.25, -0.2) is 14.7 Å². The molecule has 1 aromatic heterocycles. The second kappa shape index (κ2) is 6.05. The average Bonchev–Trinajstić information content (AvgIpc) is 2.27. The van der Waals surface area contributed by atoms with Crippen LogP contribution in [0, 0.1) is 0 Å². The molecular weight excluding hydrogens is 262 g/mol. The Kier molecular flexibility index (Phi) is 4.72. The molecule has 3 N–H and O–H groups in total. The number of aliphatic hydroxyl groups is 1. The predicted molar refractivity (Wildman–Crippen MR) is 63.3 cm³/mol. The summed E-state index contributed by atoms with van der Waals surface area (Å²) in [5.41, 5.74) is -1.52. The Morgan fingerprint density at radius 2 is 2.17 bits per heavy atom. The number of ether oxygens (including phenoxy) is 1. The number of hydrogen-bond donors (Lipinski definition) is 3. The maximum absolute atomic E-state index is 11.5. The molecule has 0 aliphatic heterocycles. The first kappa shape index (κ1) is 14.0. The average molecular weight is 273 g/mol. The van der Waals surface area contributed by atoms with Crippen LogP contribution in [-0.4, -0.2) is 32.9 Å². The maximum atomic E-state index is 11.5. The maximum Gasteiger partial charge on any atom is 0.348 e. The quantitative estimate of drug-likeness (QED) is 0.303. The minimum atomic E-state index is -0.769. The van der Waals surface area contributed by atoms with E-state index >= 15 is 0 Å². The lowest BCUT2D eigenvalue weighted by Crippen LogP contribution is -2.25. The number of aliphatic hydroxyl groups excluding tert-OH is 1. The Labute approximate surface area is 105 Å². The summed E-state index contributed by atoms with van der Waals surface area (Å²) in [4.78, 5) is 35.4. The lowest BCUT2D eigenvalue weighted by Gasteiger charge is -2.05. The van der Waals surface area contributed by atoms with Crippen molar-refractivity contribution in [2.24, 2.45) is 0 Å². The summed E-state index contributed by atoms with van der Waals surface area (Å²) in [6.45, 7) is 3.02. The van der Waals surface area contributed by atoms with Crippen molar-refractivity contribution < 1.29 is 14.6 Å². The second-order valence-corrected chi connectivity index (χ2v) is 4.05. The molecule has 0 radical (unpaired) electrons. The SMILES string of the molecule is CCOC(=O)/C(Sc1n[nH]c(=O)[nH]c1=O)=C(\C)O. The zero-order valence-corrected chi connectivity index (χ0v) is 10.5. The van der Waals surface area contributed by atoms with Gasteiger partial charge in [0.05, 0.1) is 6.61 Å². The van der Waals surface area contributed by atoms with Gasteiger partial charge in [0.15, 0.2) is 5.03 Å². The molecular formula is C9H11N3O5S. The van der Waals surface area contributed by atoms with E-state index < -0.39 is 17.2 Å². The molecule has 8 nitrogen and oxygen atoms in total. The first-order valence-electron chi connectivity index (χ1n) is 4.89. The Bertz CT molecular complexity index is 584. The summed E-state index contributed by atoms with van der Waals surface area (Å²) >= 11 is 0.610. The van der Waals surface area contributed by atoms with Crippen LogP contribution in [0.2, 0.25) is 0 Å². The van der Waals surface area contributed by atoms with Crippen molar-refractivity contribution in [2.75, 3.05) is 6.61 Å². The van der Waals surface area contributed by atoms with E-state index in [0.29, 0.717) is 11.8 Å². The number of carbonyl (C=O) groups is 1. The monoisotopic (exact) mass is 273 g/mol. The van der Waals surface area contributed by atoms with Crippen LogP contribution in [-0.2, 0) is 9.53 Å². The largest absolute Gasteiger partial charge is 0.511 e. The summed E-state index contributed by atoms with van der Waals surface area (Å²) in [6, 6.07) is 0. The molecule has 0 saturated carbocycles. The van der Waals surface area contributed by atoms with Gasteiger partial charge in [0.25, 0.3) is 5.56 Å². The summed E-state index contributed by atoms with van der Waals surface area (Å²) in [5.74, 6) is -1.07. The molecule has 0 spiro atoms. The molecule has 1 heterocycles. The third-order valence-electron chi connectivity index (χ3n) is 1.67. The molecule has 0 saturated heterocycles. The number of allylic oxidation sites excluding steroid dienone is 1. The van der Waals surface area contributed by atoms with Gasteiger partial charge in [0.2, 0.25) is 0 Å². The van der Waals surface area contributed by atoms with Gasteiger partial charge in [-0.2, -0.15) is 5.10 Å². The van der Waals surface area contributed by atoms with E-state index in [9.17, 15) is 19.5 Å². The molecule has 0 amide bonds. The zero-order valence-electron chi connectivity index (χ0n) is 9.64. The smallest absolute Gasteiger partial charge is 0.348 e. The van der Waals surface area contributed by atoms with Crippen LogP contribution in [0.4, 0.5) is 0 Å². The van der Waals surface area contributed by atoms with Crippen LogP contribution in [0.15, 0.2) is 25.3 Å². The summed E-state index contributed by atoms with van der Waals surface area (Å²) < 4.78 is 4.71.